The van der Waals surface area contributed by atoms with Crippen LogP contribution in [-0.2, 0) is 9.53 Å². The fourth-order valence-electron chi connectivity index (χ4n) is 2.48. The number of hydrogen-bond donors (Lipinski definition) is 2. The van der Waals surface area contributed by atoms with Gasteiger partial charge in [0.15, 0.2) is 0 Å². The molecule has 1 rings (SSSR count). The third kappa shape index (κ3) is 4.28. The van der Waals surface area contributed by atoms with Crippen LogP contribution in [0.5, 0.6) is 0 Å². The Balaban J connectivity index is 2.49. The first-order chi connectivity index (χ1) is 8.08. The zero-order valence-electron chi connectivity index (χ0n) is 11.2. The molecule has 4 unspecified atom stereocenters. The zero-order chi connectivity index (χ0) is 12.8. The van der Waals surface area contributed by atoms with E-state index in [2.05, 4.69) is 12.2 Å². The summed E-state index contributed by atoms with van der Waals surface area (Å²) in [6, 6.07) is 0.128. The van der Waals surface area contributed by atoms with Crippen LogP contribution in [-0.4, -0.2) is 31.7 Å². The molecule has 0 radical (unpaired) electrons. The molecule has 1 saturated carbocycles. The van der Waals surface area contributed by atoms with E-state index in [1.165, 1.54) is 0 Å². The number of hydrogen-bond acceptors (Lipinski definition) is 3. The second-order valence-electron chi connectivity index (χ2n) is 5.26. The lowest BCUT2D eigenvalue weighted by Gasteiger charge is -2.32. The maximum atomic E-state index is 12.2. The maximum absolute atomic E-state index is 12.2. The molecule has 0 spiro atoms. The smallest absolute Gasteiger partial charge is 0.224 e. The first-order valence-corrected chi connectivity index (χ1v) is 6.63. The van der Waals surface area contributed by atoms with Gasteiger partial charge in [0.1, 0.15) is 0 Å². The molecule has 4 atom stereocenters. The van der Waals surface area contributed by atoms with E-state index < -0.39 is 0 Å². The molecule has 1 fully saturated rings. The summed E-state index contributed by atoms with van der Waals surface area (Å²) in [7, 11) is 1.66. The van der Waals surface area contributed by atoms with E-state index >= 15 is 0 Å². The minimum atomic E-state index is -0.0235. The van der Waals surface area contributed by atoms with Crippen LogP contribution in [0.3, 0.4) is 0 Å². The molecular formula is C13H26N2O2. The molecule has 100 valence electrons. The molecule has 1 amide bonds. The molecule has 0 aromatic heterocycles. The molecule has 0 aromatic rings. The normalized spacial score (nSPS) is 30.9. The van der Waals surface area contributed by atoms with Crippen molar-refractivity contribution in [2.75, 3.05) is 13.7 Å². The molecule has 17 heavy (non-hydrogen) atoms. The summed E-state index contributed by atoms with van der Waals surface area (Å²) < 4.78 is 5.09. The van der Waals surface area contributed by atoms with Crippen molar-refractivity contribution >= 4 is 5.91 Å². The monoisotopic (exact) mass is 242 g/mol. The van der Waals surface area contributed by atoms with E-state index in [0.717, 1.165) is 25.7 Å². The van der Waals surface area contributed by atoms with Crippen LogP contribution in [0.1, 0.15) is 39.5 Å². The molecule has 0 aromatic carbocycles. The van der Waals surface area contributed by atoms with Gasteiger partial charge in [0.2, 0.25) is 5.91 Å². The van der Waals surface area contributed by atoms with Gasteiger partial charge in [-0.1, -0.05) is 13.8 Å². The lowest BCUT2D eigenvalue weighted by molar-refractivity contribution is -0.128. The molecule has 1 aliphatic rings. The maximum Gasteiger partial charge on any atom is 0.224 e. The summed E-state index contributed by atoms with van der Waals surface area (Å²) in [4.78, 5) is 12.2. The Bertz CT molecular complexity index is 246. The van der Waals surface area contributed by atoms with Gasteiger partial charge in [-0.3, -0.25) is 4.79 Å². The van der Waals surface area contributed by atoms with Crippen LogP contribution >= 0.6 is 0 Å². The zero-order valence-corrected chi connectivity index (χ0v) is 11.2. The van der Waals surface area contributed by atoms with E-state index in [9.17, 15) is 4.79 Å². The van der Waals surface area contributed by atoms with Crippen molar-refractivity contribution in [2.45, 2.75) is 51.6 Å². The van der Waals surface area contributed by atoms with Gasteiger partial charge in [-0.25, -0.2) is 0 Å². The SMILES string of the molecule is CCC(COC)NC(=O)C1CC(C)CCC1N. The third-order valence-electron chi connectivity index (χ3n) is 3.71. The van der Waals surface area contributed by atoms with Crippen LogP contribution in [0.25, 0.3) is 0 Å². The minimum Gasteiger partial charge on any atom is -0.383 e. The predicted octanol–water partition coefficient (Wildman–Crippen LogP) is 1.29. The molecule has 0 heterocycles. The van der Waals surface area contributed by atoms with Crippen molar-refractivity contribution in [3.8, 4) is 0 Å². The summed E-state index contributed by atoms with van der Waals surface area (Å²) in [6.45, 7) is 4.81. The number of nitrogens with two attached hydrogens (primary N) is 1. The van der Waals surface area contributed by atoms with Crippen molar-refractivity contribution in [3.05, 3.63) is 0 Å². The number of carbonyl (C=O) groups excluding carboxylic acids is 1. The number of nitrogens with one attached hydrogen (secondary N) is 1. The summed E-state index contributed by atoms with van der Waals surface area (Å²) >= 11 is 0. The van der Waals surface area contributed by atoms with E-state index in [4.69, 9.17) is 10.5 Å². The van der Waals surface area contributed by atoms with Gasteiger partial charge in [-0.05, 0) is 31.6 Å². The highest BCUT2D eigenvalue weighted by Crippen LogP contribution is 2.28. The average Bonchev–Trinajstić information content (AvgIpc) is 2.31. The number of ether oxygens (including phenoxy) is 1. The number of amides is 1. The Labute approximate surface area is 104 Å². The van der Waals surface area contributed by atoms with E-state index in [-0.39, 0.29) is 23.9 Å². The quantitative estimate of drug-likeness (QED) is 0.763. The van der Waals surface area contributed by atoms with Crippen molar-refractivity contribution < 1.29 is 9.53 Å². The Morgan fingerprint density at radius 1 is 1.53 bits per heavy atom. The third-order valence-corrected chi connectivity index (χ3v) is 3.71. The molecular weight excluding hydrogens is 216 g/mol. The summed E-state index contributed by atoms with van der Waals surface area (Å²) in [6.07, 6.45) is 3.90. The Morgan fingerprint density at radius 3 is 2.82 bits per heavy atom. The number of rotatable bonds is 5. The van der Waals surface area contributed by atoms with Crippen LogP contribution in [0.2, 0.25) is 0 Å². The second kappa shape index (κ2) is 6.97. The summed E-state index contributed by atoms with van der Waals surface area (Å²) in [5, 5.41) is 3.04. The van der Waals surface area contributed by atoms with Crippen LogP contribution in [0.15, 0.2) is 0 Å². The molecule has 0 aliphatic heterocycles. The fourth-order valence-corrected chi connectivity index (χ4v) is 2.48. The average molecular weight is 242 g/mol. The van der Waals surface area contributed by atoms with Gasteiger partial charge in [-0.2, -0.15) is 0 Å². The van der Waals surface area contributed by atoms with Crippen molar-refractivity contribution in [2.24, 2.45) is 17.6 Å². The standard InChI is InChI=1S/C13H26N2O2/c1-4-10(8-17-3)15-13(16)11-7-9(2)5-6-12(11)14/h9-12H,4-8,14H2,1-3H3,(H,15,16). The van der Waals surface area contributed by atoms with Crippen LogP contribution in [0.4, 0.5) is 0 Å². The van der Waals surface area contributed by atoms with Crippen LogP contribution in [0, 0.1) is 11.8 Å². The Kier molecular flexibility index (Phi) is 5.92. The second-order valence-corrected chi connectivity index (χ2v) is 5.26. The molecule has 3 N–H and O–H groups in total. The molecule has 4 heteroatoms. The van der Waals surface area contributed by atoms with E-state index in [1.54, 1.807) is 7.11 Å². The van der Waals surface area contributed by atoms with Gasteiger partial charge >= 0.3 is 0 Å². The minimum absolute atomic E-state index is 0.0197. The first-order valence-electron chi connectivity index (χ1n) is 6.63. The van der Waals surface area contributed by atoms with E-state index in [0.29, 0.717) is 12.5 Å². The van der Waals surface area contributed by atoms with Crippen LogP contribution < -0.4 is 11.1 Å². The van der Waals surface area contributed by atoms with Gasteiger partial charge < -0.3 is 15.8 Å². The topological polar surface area (TPSA) is 64.3 Å². The highest BCUT2D eigenvalue weighted by molar-refractivity contribution is 5.79. The van der Waals surface area contributed by atoms with Gasteiger partial charge in [0, 0.05) is 13.2 Å². The largest absolute Gasteiger partial charge is 0.383 e. The van der Waals surface area contributed by atoms with Crippen molar-refractivity contribution in [1.82, 2.24) is 5.32 Å². The number of carbonyl (C=O) groups is 1. The first kappa shape index (κ1) is 14.5. The molecule has 0 saturated heterocycles. The predicted molar refractivity (Wildman–Crippen MR) is 68.6 cm³/mol. The highest BCUT2D eigenvalue weighted by Gasteiger charge is 2.32. The summed E-state index contributed by atoms with van der Waals surface area (Å²) in [5.41, 5.74) is 6.04. The highest BCUT2D eigenvalue weighted by atomic mass is 16.5. The van der Waals surface area contributed by atoms with Crippen molar-refractivity contribution in [3.63, 3.8) is 0 Å². The van der Waals surface area contributed by atoms with Crippen molar-refractivity contribution in [1.29, 1.82) is 0 Å². The fraction of sp³-hybridized carbons (Fsp3) is 0.923. The van der Waals surface area contributed by atoms with E-state index in [1.807, 2.05) is 6.92 Å². The Morgan fingerprint density at radius 2 is 2.24 bits per heavy atom. The van der Waals surface area contributed by atoms with Gasteiger partial charge in [0.25, 0.3) is 0 Å². The molecule has 4 nitrogen and oxygen atoms in total. The number of methoxy groups -OCH3 is 1. The summed E-state index contributed by atoms with van der Waals surface area (Å²) in [5.74, 6) is 0.686. The lowest BCUT2D eigenvalue weighted by Crippen LogP contribution is -2.48. The molecule has 0 bridgehead atoms. The van der Waals surface area contributed by atoms with Gasteiger partial charge in [0.05, 0.1) is 18.6 Å². The Hall–Kier alpha value is -0.610. The van der Waals surface area contributed by atoms with Gasteiger partial charge in [-0.15, -0.1) is 0 Å². The molecule has 1 aliphatic carbocycles. The lowest BCUT2D eigenvalue weighted by atomic mass is 9.78.